The number of nitrogens with one attached hydrogen (secondary N) is 2. The molecule has 0 saturated heterocycles. The van der Waals surface area contributed by atoms with Crippen LogP contribution in [0.5, 0.6) is 0 Å². The number of imidazole rings is 1. The van der Waals surface area contributed by atoms with Crippen LogP contribution in [-0.2, 0) is 16.6 Å². The number of nitrogens with zero attached hydrogens (tertiary/aromatic N) is 4. The first-order valence-corrected chi connectivity index (χ1v) is 8.29. The van der Waals surface area contributed by atoms with Crippen molar-refractivity contribution < 1.29 is 12.9 Å². The number of anilines is 1. The van der Waals surface area contributed by atoms with Crippen LogP contribution in [0.25, 0.3) is 4.96 Å². The van der Waals surface area contributed by atoms with Gasteiger partial charge in [-0.05, 0) is 6.92 Å². The molecule has 2 N–H and O–H groups in total. The van der Waals surface area contributed by atoms with E-state index in [2.05, 4.69) is 25.2 Å². The molecule has 0 saturated carbocycles. The van der Waals surface area contributed by atoms with Crippen molar-refractivity contribution in [2.45, 2.75) is 18.5 Å². The third kappa shape index (κ3) is 2.50. The minimum atomic E-state index is -3.78. The molecule has 21 heavy (non-hydrogen) atoms. The summed E-state index contributed by atoms with van der Waals surface area (Å²) in [5, 5.41) is 8.21. The molecular weight excluding hydrogens is 316 g/mol. The molecular formula is C10H12N6O3S2. The molecule has 3 rings (SSSR count). The van der Waals surface area contributed by atoms with Crippen molar-refractivity contribution in [1.29, 1.82) is 0 Å². The van der Waals surface area contributed by atoms with E-state index in [1.807, 2.05) is 0 Å². The van der Waals surface area contributed by atoms with Crippen molar-refractivity contribution in [3.05, 3.63) is 23.3 Å². The van der Waals surface area contributed by atoms with Crippen LogP contribution in [0.15, 0.2) is 21.1 Å². The van der Waals surface area contributed by atoms with Crippen molar-refractivity contribution in [1.82, 2.24) is 24.2 Å². The van der Waals surface area contributed by atoms with Crippen LogP contribution in [0, 0.1) is 6.92 Å². The summed E-state index contributed by atoms with van der Waals surface area (Å²) in [6, 6.07) is 0. The smallest absolute Gasteiger partial charge is 0.260 e. The van der Waals surface area contributed by atoms with E-state index in [4.69, 9.17) is 4.52 Å². The Balaban J connectivity index is 1.94. The summed E-state index contributed by atoms with van der Waals surface area (Å²) in [7, 11) is -2.16. The van der Waals surface area contributed by atoms with Gasteiger partial charge in [0.05, 0.1) is 6.54 Å². The molecule has 0 aliphatic rings. The molecule has 0 spiro atoms. The maximum atomic E-state index is 12.5. The van der Waals surface area contributed by atoms with Gasteiger partial charge in [-0.15, -0.1) is 11.3 Å². The number of aromatic nitrogens is 4. The van der Waals surface area contributed by atoms with Gasteiger partial charge in [0.1, 0.15) is 0 Å². The van der Waals surface area contributed by atoms with Crippen LogP contribution in [0.1, 0.15) is 11.7 Å². The van der Waals surface area contributed by atoms with E-state index in [0.717, 1.165) is 0 Å². The molecule has 0 aliphatic carbocycles. The zero-order valence-corrected chi connectivity index (χ0v) is 12.8. The lowest BCUT2D eigenvalue weighted by Crippen LogP contribution is -2.25. The van der Waals surface area contributed by atoms with Crippen LogP contribution in [0.2, 0.25) is 0 Å². The first-order valence-electron chi connectivity index (χ1n) is 5.93. The van der Waals surface area contributed by atoms with Crippen LogP contribution >= 0.6 is 11.3 Å². The number of rotatable bonds is 5. The Morgan fingerprint density at radius 3 is 2.90 bits per heavy atom. The number of sulfonamides is 1. The molecule has 0 fully saturated rings. The Morgan fingerprint density at radius 1 is 1.43 bits per heavy atom. The van der Waals surface area contributed by atoms with Crippen molar-refractivity contribution in [2.75, 3.05) is 12.4 Å². The summed E-state index contributed by atoms with van der Waals surface area (Å²) in [4.78, 5) is 8.76. The summed E-state index contributed by atoms with van der Waals surface area (Å²) < 4.78 is 33.8. The van der Waals surface area contributed by atoms with Crippen molar-refractivity contribution >= 4 is 32.1 Å². The zero-order valence-electron chi connectivity index (χ0n) is 11.2. The topological polar surface area (TPSA) is 114 Å². The van der Waals surface area contributed by atoms with Crippen LogP contribution < -0.4 is 10.0 Å². The molecule has 3 aromatic rings. The Kier molecular flexibility index (Phi) is 3.39. The predicted molar refractivity (Wildman–Crippen MR) is 75.7 cm³/mol. The summed E-state index contributed by atoms with van der Waals surface area (Å²) in [6.07, 6.45) is 1.65. The van der Waals surface area contributed by atoms with Crippen LogP contribution in [0.4, 0.5) is 5.82 Å². The molecule has 112 valence electrons. The first kappa shape index (κ1) is 14.0. The summed E-state index contributed by atoms with van der Waals surface area (Å²) in [6.45, 7) is 1.58. The molecule has 3 heterocycles. The second-order valence-electron chi connectivity index (χ2n) is 4.13. The van der Waals surface area contributed by atoms with E-state index in [1.165, 1.54) is 15.7 Å². The number of thiazole rings is 1. The van der Waals surface area contributed by atoms with E-state index in [0.29, 0.717) is 10.8 Å². The molecule has 0 aromatic carbocycles. The number of hydrogen-bond donors (Lipinski definition) is 2. The van der Waals surface area contributed by atoms with Crippen molar-refractivity contribution in [3.63, 3.8) is 0 Å². The molecule has 9 nitrogen and oxygen atoms in total. The van der Waals surface area contributed by atoms with Crippen LogP contribution in [0.3, 0.4) is 0 Å². The average molecular weight is 328 g/mol. The lowest BCUT2D eigenvalue weighted by atomic mass is 10.6. The lowest BCUT2D eigenvalue weighted by Gasteiger charge is -2.05. The Hall–Kier alpha value is -1.98. The minimum Gasteiger partial charge on any atom is -0.371 e. The van der Waals surface area contributed by atoms with Gasteiger partial charge in [0.25, 0.3) is 10.0 Å². The second kappa shape index (κ2) is 5.09. The zero-order chi connectivity index (χ0) is 15.0. The standard InChI is InChI=1S/C10H12N6O3S2/c1-6-13-7(19-15-6)5-12-21(17,18)9-8(11-2)14-10-16(9)3-4-20-10/h3-4,11-12H,5H2,1-2H3. The highest BCUT2D eigenvalue weighted by molar-refractivity contribution is 7.89. The van der Waals surface area contributed by atoms with Gasteiger partial charge in [-0.1, -0.05) is 5.16 Å². The number of fused-ring (bicyclic) bond motifs is 1. The first-order chi connectivity index (χ1) is 10.0. The predicted octanol–water partition coefficient (Wildman–Crippen LogP) is 0.607. The van der Waals surface area contributed by atoms with Gasteiger partial charge < -0.3 is 9.84 Å². The van der Waals surface area contributed by atoms with E-state index in [9.17, 15) is 8.42 Å². The van der Waals surface area contributed by atoms with E-state index >= 15 is 0 Å². The fraction of sp³-hybridized carbons (Fsp3) is 0.300. The van der Waals surface area contributed by atoms with Gasteiger partial charge >= 0.3 is 0 Å². The molecule has 0 radical (unpaired) electrons. The normalized spacial score (nSPS) is 12.1. The molecule has 11 heteroatoms. The average Bonchev–Trinajstić information content (AvgIpc) is 3.10. The van der Waals surface area contributed by atoms with Crippen LogP contribution in [-0.4, -0.2) is 35.0 Å². The molecule has 3 aromatic heterocycles. The summed E-state index contributed by atoms with van der Waals surface area (Å²) in [5.74, 6) is 0.939. The Morgan fingerprint density at radius 2 is 2.24 bits per heavy atom. The van der Waals surface area contributed by atoms with E-state index in [1.54, 1.807) is 25.5 Å². The molecule has 0 aliphatic heterocycles. The van der Waals surface area contributed by atoms with Gasteiger partial charge in [0, 0.05) is 18.6 Å². The van der Waals surface area contributed by atoms with Gasteiger partial charge in [0.2, 0.25) is 5.89 Å². The quantitative estimate of drug-likeness (QED) is 0.705. The van der Waals surface area contributed by atoms with Crippen molar-refractivity contribution in [2.24, 2.45) is 0 Å². The highest BCUT2D eigenvalue weighted by Gasteiger charge is 2.25. The van der Waals surface area contributed by atoms with Gasteiger partial charge in [-0.25, -0.2) is 18.1 Å². The number of hydrogen-bond acceptors (Lipinski definition) is 8. The maximum Gasteiger partial charge on any atom is 0.260 e. The maximum absolute atomic E-state index is 12.5. The largest absolute Gasteiger partial charge is 0.371 e. The number of aryl methyl sites for hydroxylation is 1. The molecule has 0 unspecified atom stereocenters. The molecule has 0 amide bonds. The second-order valence-corrected chi connectivity index (χ2v) is 6.69. The minimum absolute atomic E-state index is 0.0532. The Bertz CT molecular complexity index is 878. The Labute approximate surface area is 124 Å². The fourth-order valence-corrected chi connectivity index (χ4v) is 3.85. The van der Waals surface area contributed by atoms with E-state index in [-0.39, 0.29) is 23.3 Å². The van der Waals surface area contributed by atoms with Gasteiger partial charge in [0.15, 0.2) is 21.6 Å². The van der Waals surface area contributed by atoms with Crippen molar-refractivity contribution in [3.8, 4) is 0 Å². The third-order valence-electron chi connectivity index (χ3n) is 2.69. The summed E-state index contributed by atoms with van der Waals surface area (Å²) in [5.41, 5.74) is 0. The SMILES string of the molecule is CNc1nc2sccn2c1S(=O)(=O)NCc1nc(C)no1. The monoisotopic (exact) mass is 328 g/mol. The lowest BCUT2D eigenvalue weighted by molar-refractivity contribution is 0.372. The molecule has 0 bridgehead atoms. The van der Waals surface area contributed by atoms with E-state index < -0.39 is 10.0 Å². The molecule has 0 atom stereocenters. The summed E-state index contributed by atoms with van der Waals surface area (Å²) >= 11 is 1.35. The van der Waals surface area contributed by atoms with Gasteiger partial charge in [-0.2, -0.15) is 4.98 Å². The van der Waals surface area contributed by atoms with Gasteiger partial charge in [-0.3, -0.25) is 4.40 Å². The highest BCUT2D eigenvalue weighted by Crippen LogP contribution is 2.25. The fourth-order valence-electron chi connectivity index (χ4n) is 1.82. The third-order valence-corrected chi connectivity index (χ3v) is 4.87. The highest BCUT2D eigenvalue weighted by atomic mass is 32.2.